The van der Waals surface area contributed by atoms with Gasteiger partial charge in [-0.15, -0.1) is 0 Å². The maximum Gasteiger partial charge on any atom is 0.417 e. The number of benzene rings is 2. The second-order valence-electron chi connectivity index (χ2n) is 4.18. The van der Waals surface area contributed by atoms with Gasteiger partial charge in [0.1, 0.15) is 11.7 Å². The van der Waals surface area contributed by atoms with E-state index in [1.165, 1.54) is 30.3 Å². The van der Waals surface area contributed by atoms with Crippen LogP contribution in [0.15, 0.2) is 52.3 Å². The Bertz CT molecular complexity index is 683. The molecule has 0 amide bonds. The van der Waals surface area contributed by atoms with Crippen molar-refractivity contribution in [2.24, 2.45) is 5.73 Å². The molecule has 0 aliphatic carbocycles. The van der Waals surface area contributed by atoms with Gasteiger partial charge in [-0.25, -0.2) is 4.39 Å². The maximum atomic E-state index is 13.1. The van der Waals surface area contributed by atoms with E-state index in [1.54, 1.807) is 6.07 Å². The molecule has 2 aromatic rings. The topological polar surface area (TPSA) is 49.9 Å². The highest BCUT2D eigenvalue weighted by atomic mass is 32.2. The summed E-state index contributed by atoms with van der Waals surface area (Å²) in [4.78, 5) is 0.989. The van der Waals surface area contributed by atoms with Crippen molar-refractivity contribution < 1.29 is 17.6 Å². The highest BCUT2D eigenvalue weighted by Gasteiger charge is 2.34. The Balaban J connectivity index is 2.39. The zero-order chi connectivity index (χ0) is 15.6. The van der Waals surface area contributed by atoms with E-state index in [4.69, 9.17) is 11.1 Å². The summed E-state index contributed by atoms with van der Waals surface area (Å²) in [7, 11) is 0. The van der Waals surface area contributed by atoms with Crippen molar-refractivity contribution in [1.29, 1.82) is 5.41 Å². The quantitative estimate of drug-likeness (QED) is 0.505. The Hall–Kier alpha value is -2.02. The molecule has 0 aliphatic heterocycles. The van der Waals surface area contributed by atoms with Crippen molar-refractivity contribution >= 4 is 17.6 Å². The third-order valence-electron chi connectivity index (χ3n) is 2.62. The Morgan fingerprint density at radius 1 is 1.05 bits per heavy atom. The highest BCUT2D eigenvalue weighted by molar-refractivity contribution is 7.99. The third-order valence-corrected chi connectivity index (χ3v) is 3.60. The molecule has 3 N–H and O–H groups in total. The van der Waals surface area contributed by atoms with Crippen molar-refractivity contribution in [2.75, 3.05) is 0 Å². The molecular formula is C14H10F4N2S. The summed E-state index contributed by atoms with van der Waals surface area (Å²) in [5.74, 6) is -1.09. The normalized spacial score (nSPS) is 11.4. The third kappa shape index (κ3) is 3.75. The Kier molecular flexibility index (Phi) is 4.22. The first-order valence-corrected chi connectivity index (χ1v) is 6.58. The van der Waals surface area contributed by atoms with E-state index in [-0.39, 0.29) is 5.56 Å². The van der Waals surface area contributed by atoms with Crippen molar-refractivity contribution in [2.45, 2.75) is 16.0 Å². The summed E-state index contributed by atoms with van der Waals surface area (Å²) >= 11 is 1.09. The van der Waals surface area contributed by atoms with Gasteiger partial charge in [-0.2, -0.15) is 13.2 Å². The molecule has 0 saturated carbocycles. The Morgan fingerprint density at radius 3 is 2.29 bits per heavy atom. The second-order valence-corrected chi connectivity index (χ2v) is 5.33. The maximum absolute atomic E-state index is 13.1. The van der Waals surface area contributed by atoms with E-state index < -0.39 is 23.4 Å². The van der Waals surface area contributed by atoms with E-state index in [0.717, 1.165) is 17.8 Å². The van der Waals surface area contributed by atoms with Gasteiger partial charge in [-0.1, -0.05) is 17.8 Å². The monoisotopic (exact) mass is 314 g/mol. The van der Waals surface area contributed by atoms with Gasteiger partial charge < -0.3 is 5.73 Å². The fourth-order valence-corrected chi connectivity index (χ4v) is 2.63. The van der Waals surface area contributed by atoms with Gasteiger partial charge in [0.15, 0.2) is 0 Å². The minimum Gasteiger partial charge on any atom is -0.384 e. The van der Waals surface area contributed by atoms with Crippen LogP contribution in [-0.2, 0) is 6.18 Å². The fraction of sp³-hybridized carbons (Fsp3) is 0.0714. The van der Waals surface area contributed by atoms with Crippen molar-refractivity contribution in [1.82, 2.24) is 0 Å². The van der Waals surface area contributed by atoms with Crippen LogP contribution in [-0.4, -0.2) is 5.84 Å². The van der Waals surface area contributed by atoms with E-state index in [0.29, 0.717) is 9.79 Å². The van der Waals surface area contributed by atoms with Crippen LogP contribution < -0.4 is 5.73 Å². The van der Waals surface area contributed by atoms with Crippen LogP contribution in [0.4, 0.5) is 17.6 Å². The molecule has 110 valence electrons. The zero-order valence-corrected chi connectivity index (χ0v) is 11.4. The van der Waals surface area contributed by atoms with Gasteiger partial charge in [0.25, 0.3) is 0 Å². The number of amidine groups is 1. The number of nitrogen functional groups attached to an aromatic ring is 1. The van der Waals surface area contributed by atoms with Crippen molar-refractivity contribution in [3.05, 3.63) is 59.4 Å². The molecule has 0 bridgehead atoms. The average molecular weight is 314 g/mol. The highest BCUT2D eigenvalue weighted by Crippen LogP contribution is 2.35. The summed E-state index contributed by atoms with van der Waals surface area (Å²) in [5, 5.41) is 7.28. The van der Waals surface area contributed by atoms with Gasteiger partial charge in [0.2, 0.25) is 0 Å². The largest absolute Gasteiger partial charge is 0.417 e. The second kappa shape index (κ2) is 5.77. The SMILES string of the molecule is N=C(N)c1cc(Sc2cccc(F)c2)ccc1C(F)(F)F. The van der Waals surface area contributed by atoms with E-state index >= 15 is 0 Å². The van der Waals surface area contributed by atoms with Gasteiger partial charge in [-0.05, 0) is 36.4 Å². The lowest BCUT2D eigenvalue weighted by atomic mass is 10.1. The Morgan fingerprint density at radius 2 is 1.71 bits per heavy atom. The molecule has 0 fully saturated rings. The summed E-state index contributed by atoms with van der Waals surface area (Å²) in [6.45, 7) is 0. The van der Waals surface area contributed by atoms with E-state index in [9.17, 15) is 17.6 Å². The summed E-state index contributed by atoms with van der Waals surface area (Å²) in [6, 6.07) is 9.02. The van der Waals surface area contributed by atoms with Crippen LogP contribution in [0.3, 0.4) is 0 Å². The minimum atomic E-state index is -4.58. The molecule has 0 spiro atoms. The lowest BCUT2D eigenvalue weighted by Crippen LogP contribution is -2.18. The smallest absolute Gasteiger partial charge is 0.384 e. The van der Waals surface area contributed by atoms with E-state index in [2.05, 4.69) is 0 Å². The van der Waals surface area contributed by atoms with Crippen LogP contribution in [0.2, 0.25) is 0 Å². The molecule has 0 unspecified atom stereocenters. The number of rotatable bonds is 3. The predicted octanol–water partition coefficient (Wildman–Crippen LogP) is 4.28. The predicted molar refractivity (Wildman–Crippen MR) is 73.0 cm³/mol. The molecule has 21 heavy (non-hydrogen) atoms. The molecule has 0 aliphatic rings. The van der Waals surface area contributed by atoms with Gasteiger partial charge in [-0.3, -0.25) is 5.41 Å². The molecule has 2 rings (SSSR count). The molecule has 0 heterocycles. The molecular weight excluding hydrogens is 304 g/mol. The summed E-state index contributed by atoms with van der Waals surface area (Å²) in [5.41, 5.74) is 3.87. The standard InChI is InChI=1S/C14H10F4N2S/c15-8-2-1-3-9(6-8)21-10-4-5-12(14(16,17)18)11(7-10)13(19)20/h1-7H,(H3,19,20). The number of hydrogen-bond acceptors (Lipinski definition) is 2. The number of hydrogen-bond donors (Lipinski definition) is 2. The molecule has 0 radical (unpaired) electrons. The van der Waals surface area contributed by atoms with Crippen LogP contribution in [0.25, 0.3) is 0 Å². The van der Waals surface area contributed by atoms with E-state index in [1.807, 2.05) is 0 Å². The van der Waals surface area contributed by atoms with Crippen LogP contribution in [0, 0.1) is 11.2 Å². The molecule has 0 saturated heterocycles. The van der Waals surface area contributed by atoms with Crippen LogP contribution in [0.1, 0.15) is 11.1 Å². The summed E-state index contributed by atoms with van der Waals surface area (Å²) < 4.78 is 51.5. The Labute approximate surface area is 122 Å². The van der Waals surface area contributed by atoms with Crippen LogP contribution >= 0.6 is 11.8 Å². The van der Waals surface area contributed by atoms with Gasteiger partial charge >= 0.3 is 6.18 Å². The minimum absolute atomic E-state index is 0.385. The zero-order valence-electron chi connectivity index (χ0n) is 10.5. The van der Waals surface area contributed by atoms with Crippen LogP contribution in [0.5, 0.6) is 0 Å². The summed E-state index contributed by atoms with van der Waals surface area (Å²) in [6.07, 6.45) is -4.58. The average Bonchev–Trinajstić information content (AvgIpc) is 2.37. The lowest BCUT2D eigenvalue weighted by Gasteiger charge is -2.13. The molecule has 2 nitrogen and oxygen atoms in total. The molecule has 7 heteroatoms. The fourth-order valence-electron chi connectivity index (χ4n) is 1.72. The molecule has 2 aromatic carbocycles. The number of nitrogens with one attached hydrogen (secondary N) is 1. The van der Waals surface area contributed by atoms with Crippen molar-refractivity contribution in [3.8, 4) is 0 Å². The van der Waals surface area contributed by atoms with Gasteiger partial charge in [0, 0.05) is 15.4 Å². The number of alkyl halides is 3. The number of halogens is 4. The van der Waals surface area contributed by atoms with Gasteiger partial charge in [0.05, 0.1) is 5.56 Å². The van der Waals surface area contributed by atoms with Crippen molar-refractivity contribution in [3.63, 3.8) is 0 Å². The molecule has 0 aromatic heterocycles. The first-order valence-electron chi connectivity index (χ1n) is 5.76. The molecule has 0 atom stereocenters. The first kappa shape index (κ1) is 15.4. The number of nitrogens with two attached hydrogens (primary N) is 1. The first-order chi connectivity index (χ1) is 9.77. The lowest BCUT2D eigenvalue weighted by molar-refractivity contribution is -0.137.